The van der Waals surface area contributed by atoms with E-state index in [4.69, 9.17) is 0 Å². The predicted octanol–water partition coefficient (Wildman–Crippen LogP) is 2.73. The van der Waals surface area contributed by atoms with Crippen LogP contribution in [0.25, 0.3) is 0 Å². The van der Waals surface area contributed by atoms with Crippen LogP contribution in [0.15, 0.2) is 48.7 Å². The van der Waals surface area contributed by atoms with Crippen LogP contribution in [0.1, 0.15) is 11.3 Å². The lowest BCUT2D eigenvalue weighted by Gasteiger charge is -2.02. The Morgan fingerprint density at radius 2 is 1.73 bits per heavy atom. The van der Waals surface area contributed by atoms with Gasteiger partial charge in [0.2, 0.25) is 0 Å². The molecule has 2 aromatic rings. The molecule has 0 aliphatic heterocycles. The van der Waals surface area contributed by atoms with Crippen molar-refractivity contribution in [1.82, 2.24) is 10.3 Å². The first-order chi connectivity index (χ1) is 6.95. The van der Waals surface area contributed by atoms with Gasteiger partial charge in [-0.15, -0.1) is 12.4 Å². The average molecular weight is 223 g/mol. The SMILES string of the molecule is Cl.c1ccc(CNCc2ccc[nH]2)cc1. The van der Waals surface area contributed by atoms with Gasteiger partial charge in [-0.2, -0.15) is 0 Å². The van der Waals surface area contributed by atoms with Crippen LogP contribution in [0.3, 0.4) is 0 Å². The summed E-state index contributed by atoms with van der Waals surface area (Å²) in [5.41, 5.74) is 2.54. The minimum Gasteiger partial charge on any atom is -0.364 e. The van der Waals surface area contributed by atoms with Crippen molar-refractivity contribution in [2.24, 2.45) is 0 Å². The molecule has 1 aromatic carbocycles. The monoisotopic (exact) mass is 222 g/mol. The highest BCUT2D eigenvalue weighted by Crippen LogP contribution is 1.98. The summed E-state index contributed by atoms with van der Waals surface area (Å²) in [7, 11) is 0. The first-order valence-corrected chi connectivity index (χ1v) is 4.82. The molecule has 15 heavy (non-hydrogen) atoms. The molecule has 0 bridgehead atoms. The van der Waals surface area contributed by atoms with E-state index in [0.717, 1.165) is 13.1 Å². The van der Waals surface area contributed by atoms with E-state index in [-0.39, 0.29) is 12.4 Å². The van der Waals surface area contributed by atoms with Crippen LogP contribution in [0.2, 0.25) is 0 Å². The molecule has 0 saturated carbocycles. The molecular weight excluding hydrogens is 208 g/mol. The van der Waals surface area contributed by atoms with Crippen molar-refractivity contribution in [3.8, 4) is 0 Å². The fourth-order valence-electron chi connectivity index (χ4n) is 1.41. The van der Waals surface area contributed by atoms with Crippen LogP contribution in [-0.2, 0) is 13.1 Å². The lowest BCUT2D eigenvalue weighted by Crippen LogP contribution is -2.12. The molecule has 2 rings (SSSR count). The zero-order chi connectivity index (χ0) is 9.64. The van der Waals surface area contributed by atoms with Gasteiger partial charge in [-0.05, 0) is 17.7 Å². The Bertz CT molecular complexity index is 356. The summed E-state index contributed by atoms with van der Waals surface area (Å²) in [5.74, 6) is 0. The Labute approximate surface area is 96.1 Å². The van der Waals surface area contributed by atoms with Gasteiger partial charge < -0.3 is 10.3 Å². The number of aromatic amines is 1. The zero-order valence-electron chi connectivity index (χ0n) is 8.44. The van der Waals surface area contributed by atoms with Gasteiger partial charge in [0, 0.05) is 25.0 Å². The molecule has 3 heteroatoms. The molecule has 0 saturated heterocycles. The van der Waals surface area contributed by atoms with Gasteiger partial charge in [-0.3, -0.25) is 0 Å². The van der Waals surface area contributed by atoms with E-state index in [1.54, 1.807) is 0 Å². The van der Waals surface area contributed by atoms with Crippen molar-refractivity contribution < 1.29 is 0 Å². The smallest absolute Gasteiger partial charge is 0.0360 e. The third kappa shape index (κ3) is 3.78. The first kappa shape index (κ1) is 11.8. The van der Waals surface area contributed by atoms with E-state index in [2.05, 4.69) is 40.6 Å². The number of benzene rings is 1. The van der Waals surface area contributed by atoms with E-state index < -0.39 is 0 Å². The van der Waals surface area contributed by atoms with Crippen molar-refractivity contribution in [3.05, 3.63) is 59.9 Å². The van der Waals surface area contributed by atoms with Gasteiger partial charge in [0.15, 0.2) is 0 Å². The maximum atomic E-state index is 3.37. The van der Waals surface area contributed by atoms with E-state index in [9.17, 15) is 0 Å². The molecule has 0 fully saturated rings. The summed E-state index contributed by atoms with van der Waals surface area (Å²) in [4.78, 5) is 3.16. The second-order valence-electron chi connectivity index (χ2n) is 3.28. The Hall–Kier alpha value is -1.25. The lowest BCUT2D eigenvalue weighted by atomic mass is 10.2. The fourth-order valence-corrected chi connectivity index (χ4v) is 1.41. The largest absolute Gasteiger partial charge is 0.364 e. The molecule has 0 radical (unpaired) electrons. The number of nitrogens with one attached hydrogen (secondary N) is 2. The summed E-state index contributed by atoms with van der Waals surface area (Å²) in [6.45, 7) is 1.81. The van der Waals surface area contributed by atoms with Crippen molar-refractivity contribution in [2.45, 2.75) is 13.1 Å². The van der Waals surface area contributed by atoms with Gasteiger partial charge in [0.25, 0.3) is 0 Å². The average Bonchev–Trinajstić information content (AvgIpc) is 2.72. The molecule has 0 spiro atoms. The summed E-state index contributed by atoms with van der Waals surface area (Å²) in [5, 5.41) is 3.37. The highest BCUT2D eigenvalue weighted by molar-refractivity contribution is 5.85. The fraction of sp³-hybridized carbons (Fsp3) is 0.167. The van der Waals surface area contributed by atoms with Crippen LogP contribution in [0, 0.1) is 0 Å². The molecule has 1 heterocycles. The molecule has 0 aliphatic carbocycles. The molecule has 0 aliphatic rings. The Morgan fingerprint density at radius 3 is 2.40 bits per heavy atom. The van der Waals surface area contributed by atoms with Crippen molar-refractivity contribution in [2.75, 3.05) is 0 Å². The van der Waals surface area contributed by atoms with E-state index in [1.165, 1.54) is 11.3 Å². The third-order valence-corrected chi connectivity index (χ3v) is 2.15. The quantitative estimate of drug-likeness (QED) is 0.818. The molecule has 1 aromatic heterocycles. The van der Waals surface area contributed by atoms with Gasteiger partial charge in [-0.25, -0.2) is 0 Å². The Morgan fingerprint density at radius 1 is 0.933 bits per heavy atom. The molecule has 2 N–H and O–H groups in total. The van der Waals surface area contributed by atoms with Crippen molar-refractivity contribution in [3.63, 3.8) is 0 Å². The molecule has 0 atom stereocenters. The number of hydrogen-bond acceptors (Lipinski definition) is 1. The van der Waals surface area contributed by atoms with Crippen LogP contribution in [0.4, 0.5) is 0 Å². The van der Waals surface area contributed by atoms with Gasteiger partial charge in [0.1, 0.15) is 0 Å². The van der Waals surface area contributed by atoms with Crippen molar-refractivity contribution >= 4 is 12.4 Å². The van der Waals surface area contributed by atoms with Crippen molar-refractivity contribution in [1.29, 1.82) is 0 Å². The topological polar surface area (TPSA) is 27.8 Å². The molecule has 0 unspecified atom stereocenters. The summed E-state index contributed by atoms with van der Waals surface area (Å²) < 4.78 is 0. The predicted molar refractivity (Wildman–Crippen MR) is 65.0 cm³/mol. The highest BCUT2D eigenvalue weighted by atomic mass is 35.5. The summed E-state index contributed by atoms with van der Waals surface area (Å²) >= 11 is 0. The Balaban J connectivity index is 0.00000112. The number of rotatable bonds is 4. The number of halogens is 1. The maximum absolute atomic E-state index is 3.37. The summed E-state index contributed by atoms with van der Waals surface area (Å²) in [6, 6.07) is 14.5. The third-order valence-electron chi connectivity index (χ3n) is 2.15. The van der Waals surface area contributed by atoms with Crippen LogP contribution < -0.4 is 5.32 Å². The molecule has 0 amide bonds. The molecular formula is C12H15ClN2. The standard InChI is InChI=1S/C12H14N2.ClH/c1-2-5-11(6-3-1)9-13-10-12-7-4-8-14-12;/h1-8,13-14H,9-10H2;1H. The van der Waals surface area contributed by atoms with Crippen LogP contribution >= 0.6 is 12.4 Å². The summed E-state index contributed by atoms with van der Waals surface area (Å²) in [6.07, 6.45) is 1.94. The van der Waals surface area contributed by atoms with Crippen LogP contribution in [-0.4, -0.2) is 4.98 Å². The normalized spacial score (nSPS) is 9.60. The minimum atomic E-state index is 0. The minimum absolute atomic E-state index is 0. The van der Waals surface area contributed by atoms with Gasteiger partial charge in [-0.1, -0.05) is 30.3 Å². The van der Waals surface area contributed by atoms with E-state index in [0.29, 0.717) is 0 Å². The van der Waals surface area contributed by atoms with Crippen LogP contribution in [0.5, 0.6) is 0 Å². The van der Waals surface area contributed by atoms with Gasteiger partial charge >= 0.3 is 0 Å². The first-order valence-electron chi connectivity index (χ1n) is 4.82. The second-order valence-corrected chi connectivity index (χ2v) is 3.28. The molecule has 2 nitrogen and oxygen atoms in total. The van der Waals surface area contributed by atoms with E-state index >= 15 is 0 Å². The zero-order valence-corrected chi connectivity index (χ0v) is 9.26. The van der Waals surface area contributed by atoms with E-state index in [1.807, 2.05) is 18.3 Å². The molecule has 80 valence electrons. The maximum Gasteiger partial charge on any atom is 0.0360 e. The number of hydrogen-bond donors (Lipinski definition) is 2. The van der Waals surface area contributed by atoms with Gasteiger partial charge in [0.05, 0.1) is 0 Å². The number of H-pyrrole nitrogens is 1. The Kier molecular flexibility index (Phi) is 4.95. The second kappa shape index (κ2) is 6.27. The lowest BCUT2D eigenvalue weighted by molar-refractivity contribution is 0.682. The highest BCUT2D eigenvalue weighted by Gasteiger charge is 1.92. The number of aromatic nitrogens is 1.